The van der Waals surface area contributed by atoms with Gasteiger partial charge in [0.2, 0.25) is 0 Å². The van der Waals surface area contributed by atoms with Crippen LogP contribution in [0.4, 0.5) is 0 Å². The minimum atomic E-state index is -0.579. The third-order valence-electron chi connectivity index (χ3n) is 2.60. The fourth-order valence-electron chi connectivity index (χ4n) is 1.45. The van der Waals surface area contributed by atoms with Crippen molar-refractivity contribution < 1.29 is 9.53 Å². The zero-order valence-corrected chi connectivity index (χ0v) is 9.64. The summed E-state index contributed by atoms with van der Waals surface area (Å²) in [6.45, 7) is 1.69. The van der Waals surface area contributed by atoms with E-state index in [0.717, 1.165) is 12.8 Å². The van der Waals surface area contributed by atoms with Gasteiger partial charge in [0.25, 0.3) is 5.91 Å². The molecular weight excluding hydrogens is 216 g/mol. The minimum absolute atomic E-state index is 0.125. The number of hydrogen-bond donors (Lipinski definition) is 1. The molecule has 0 heterocycles. The summed E-state index contributed by atoms with van der Waals surface area (Å²) in [4.78, 5) is 11.7. The standard InChI is InChI=1S/C13H14N2O2/c1-9(13(16)15-11-6-7-11)17-12-5-3-2-4-10(12)8-14/h2-5,9,11H,6-7H2,1H3,(H,15,16). The van der Waals surface area contributed by atoms with E-state index in [1.54, 1.807) is 31.2 Å². The highest BCUT2D eigenvalue weighted by atomic mass is 16.5. The molecule has 1 amide bonds. The molecule has 1 aliphatic rings. The van der Waals surface area contributed by atoms with Crippen molar-refractivity contribution in [2.75, 3.05) is 0 Å². The van der Waals surface area contributed by atoms with Gasteiger partial charge in [0.15, 0.2) is 6.10 Å². The fraction of sp³-hybridized carbons (Fsp3) is 0.385. The molecule has 88 valence electrons. The Morgan fingerprint density at radius 1 is 1.53 bits per heavy atom. The van der Waals surface area contributed by atoms with Crippen LogP contribution in [0.3, 0.4) is 0 Å². The van der Waals surface area contributed by atoms with E-state index < -0.39 is 6.10 Å². The van der Waals surface area contributed by atoms with Crippen molar-refractivity contribution in [1.82, 2.24) is 5.32 Å². The maximum atomic E-state index is 11.7. The topological polar surface area (TPSA) is 62.1 Å². The van der Waals surface area contributed by atoms with E-state index in [2.05, 4.69) is 5.32 Å². The lowest BCUT2D eigenvalue weighted by molar-refractivity contribution is -0.127. The molecule has 0 aliphatic heterocycles. The second kappa shape index (κ2) is 4.88. The Bertz CT molecular complexity index is 461. The molecule has 0 saturated heterocycles. The molecule has 0 radical (unpaired) electrons. The number of hydrogen-bond acceptors (Lipinski definition) is 3. The summed E-state index contributed by atoms with van der Waals surface area (Å²) in [5.74, 6) is 0.327. The first kappa shape index (κ1) is 11.5. The number of nitrogens with one attached hydrogen (secondary N) is 1. The van der Waals surface area contributed by atoms with Gasteiger partial charge in [-0.1, -0.05) is 12.1 Å². The van der Waals surface area contributed by atoms with Crippen LogP contribution in [0.25, 0.3) is 0 Å². The zero-order chi connectivity index (χ0) is 12.3. The molecule has 0 aromatic heterocycles. The summed E-state index contributed by atoms with van der Waals surface area (Å²) in [6.07, 6.45) is 1.52. The maximum Gasteiger partial charge on any atom is 0.260 e. The largest absolute Gasteiger partial charge is 0.480 e. The van der Waals surface area contributed by atoms with Crippen LogP contribution in [-0.2, 0) is 4.79 Å². The summed E-state index contributed by atoms with van der Waals surface area (Å²) in [5.41, 5.74) is 0.443. The van der Waals surface area contributed by atoms with Gasteiger partial charge in [-0.15, -0.1) is 0 Å². The van der Waals surface area contributed by atoms with Gasteiger partial charge < -0.3 is 10.1 Å². The van der Waals surface area contributed by atoms with Crippen LogP contribution in [0.5, 0.6) is 5.75 Å². The van der Waals surface area contributed by atoms with E-state index in [0.29, 0.717) is 17.4 Å². The third kappa shape index (κ3) is 2.97. The molecule has 1 unspecified atom stereocenters. The lowest BCUT2D eigenvalue weighted by atomic mass is 10.2. The smallest absolute Gasteiger partial charge is 0.260 e. The van der Waals surface area contributed by atoms with E-state index >= 15 is 0 Å². The second-order valence-corrected chi connectivity index (χ2v) is 4.15. The van der Waals surface area contributed by atoms with Crippen molar-refractivity contribution in [2.45, 2.75) is 31.9 Å². The van der Waals surface area contributed by atoms with Gasteiger partial charge in [0, 0.05) is 6.04 Å². The second-order valence-electron chi connectivity index (χ2n) is 4.15. The highest BCUT2D eigenvalue weighted by Gasteiger charge is 2.26. The molecular formula is C13H14N2O2. The first-order valence-corrected chi connectivity index (χ1v) is 5.67. The Kier molecular flexibility index (Phi) is 3.29. The predicted octanol–water partition coefficient (Wildman–Crippen LogP) is 1.60. The molecule has 2 rings (SSSR count). The normalized spacial score (nSPS) is 15.8. The quantitative estimate of drug-likeness (QED) is 0.854. The molecule has 1 fully saturated rings. The Balaban J connectivity index is 1.99. The summed E-state index contributed by atoms with van der Waals surface area (Å²) in [7, 11) is 0. The van der Waals surface area contributed by atoms with Crippen LogP contribution in [0.1, 0.15) is 25.3 Å². The molecule has 1 aromatic carbocycles. The third-order valence-corrected chi connectivity index (χ3v) is 2.60. The number of carbonyl (C=O) groups excluding carboxylic acids is 1. The molecule has 1 aliphatic carbocycles. The number of benzene rings is 1. The van der Waals surface area contributed by atoms with Gasteiger partial charge in [-0.05, 0) is 31.9 Å². The lowest BCUT2D eigenvalue weighted by Gasteiger charge is -2.15. The Morgan fingerprint density at radius 2 is 2.24 bits per heavy atom. The highest BCUT2D eigenvalue weighted by Crippen LogP contribution is 2.20. The molecule has 0 bridgehead atoms. The summed E-state index contributed by atoms with van der Waals surface area (Å²) in [6, 6.07) is 9.26. The predicted molar refractivity (Wildman–Crippen MR) is 62.4 cm³/mol. The average molecular weight is 230 g/mol. The van der Waals surface area contributed by atoms with Gasteiger partial charge in [-0.25, -0.2) is 0 Å². The number of rotatable bonds is 4. The van der Waals surface area contributed by atoms with Gasteiger partial charge in [-0.2, -0.15) is 5.26 Å². The SMILES string of the molecule is CC(Oc1ccccc1C#N)C(=O)NC1CC1. The van der Waals surface area contributed by atoms with Crippen LogP contribution in [0.2, 0.25) is 0 Å². The van der Waals surface area contributed by atoms with E-state index in [4.69, 9.17) is 10.00 Å². The maximum absolute atomic E-state index is 11.7. The van der Waals surface area contributed by atoms with Crippen LogP contribution >= 0.6 is 0 Å². The number of para-hydroxylation sites is 1. The van der Waals surface area contributed by atoms with Gasteiger partial charge >= 0.3 is 0 Å². The van der Waals surface area contributed by atoms with Crippen LogP contribution < -0.4 is 10.1 Å². The molecule has 1 atom stereocenters. The average Bonchev–Trinajstić information content (AvgIpc) is 3.13. The van der Waals surface area contributed by atoms with E-state index in [-0.39, 0.29) is 5.91 Å². The van der Waals surface area contributed by atoms with Crippen molar-refractivity contribution in [2.24, 2.45) is 0 Å². The van der Waals surface area contributed by atoms with Crippen molar-refractivity contribution in [3.8, 4) is 11.8 Å². The number of nitriles is 1. The Morgan fingerprint density at radius 3 is 2.88 bits per heavy atom. The monoisotopic (exact) mass is 230 g/mol. The highest BCUT2D eigenvalue weighted by molar-refractivity contribution is 5.81. The van der Waals surface area contributed by atoms with Gasteiger partial charge in [0.05, 0.1) is 5.56 Å². The molecule has 0 spiro atoms. The number of amides is 1. The van der Waals surface area contributed by atoms with Crippen LogP contribution in [-0.4, -0.2) is 18.1 Å². The van der Waals surface area contributed by atoms with Crippen molar-refractivity contribution in [3.05, 3.63) is 29.8 Å². The number of carbonyl (C=O) groups is 1. The zero-order valence-electron chi connectivity index (χ0n) is 9.64. The molecule has 17 heavy (non-hydrogen) atoms. The minimum Gasteiger partial charge on any atom is -0.480 e. The van der Waals surface area contributed by atoms with Gasteiger partial charge in [-0.3, -0.25) is 4.79 Å². The number of nitrogens with zero attached hydrogens (tertiary/aromatic N) is 1. The molecule has 1 N–H and O–H groups in total. The van der Waals surface area contributed by atoms with E-state index in [9.17, 15) is 4.79 Å². The first-order valence-electron chi connectivity index (χ1n) is 5.67. The van der Waals surface area contributed by atoms with Gasteiger partial charge in [0.1, 0.15) is 11.8 Å². The summed E-state index contributed by atoms with van der Waals surface area (Å²) < 4.78 is 5.49. The first-order chi connectivity index (χ1) is 8.20. The van der Waals surface area contributed by atoms with Crippen LogP contribution in [0.15, 0.2) is 24.3 Å². The summed E-state index contributed by atoms with van der Waals surface area (Å²) >= 11 is 0. The van der Waals surface area contributed by atoms with Crippen molar-refractivity contribution >= 4 is 5.91 Å². The fourth-order valence-corrected chi connectivity index (χ4v) is 1.45. The van der Waals surface area contributed by atoms with Crippen LogP contribution in [0, 0.1) is 11.3 Å². The molecule has 1 saturated carbocycles. The lowest BCUT2D eigenvalue weighted by Crippen LogP contribution is -2.37. The Hall–Kier alpha value is -2.02. The van der Waals surface area contributed by atoms with Crippen molar-refractivity contribution in [3.63, 3.8) is 0 Å². The molecule has 1 aromatic rings. The summed E-state index contributed by atoms with van der Waals surface area (Å²) in [5, 5.41) is 11.8. The molecule has 4 heteroatoms. The number of ether oxygens (including phenoxy) is 1. The Labute approximate surface area is 100 Å². The van der Waals surface area contributed by atoms with Crippen molar-refractivity contribution in [1.29, 1.82) is 5.26 Å². The van der Waals surface area contributed by atoms with E-state index in [1.165, 1.54) is 0 Å². The molecule has 4 nitrogen and oxygen atoms in total. The van der Waals surface area contributed by atoms with E-state index in [1.807, 2.05) is 6.07 Å².